The highest BCUT2D eigenvalue weighted by Gasteiger charge is 2.22. The molecule has 4 nitrogen and oxygen atoms in total. The summed E-state index contributed by atoms with van der Waals surface area (Å²) in [6, 6.07) is 11.2. The molecule has 1 aliphatic rings. The van der Waals surface area contributed by atoms with Crippen molar-refractivity contribution in [3.63, 3.8) is 0 Å². The van der Waals surface area contributed by atoms with Crippen LogP contribution in [0.3, 0.4) is 0 Å². The van der Waals surface area contributed by atoms with E-state index in [0.29, 0.717) is 12.5 Å². The summed E-state index contributed by atoms with van der Waals surface area (Å²) < 4.78 is 7.76. The van der Waals surface area contributed by atoms with E-state index in [1.165, 1.54) is 28.1 Å². The highest BCUT2D eigenvalue weighted by molar-refractivity contribution is 5.63. The molecule has 148 valence electrons. The van der Waals surface area contributed by atoms with Crippen molar-refractivity contribution in [2.24, 2.45) is 0 Å². The third-order valence-electron chi connectivity index (χ3n) is 5.39. The van der Waals surface area contributed by atoms with Gasteiger partial charge in [-0.15, -0.1) is 0 Å². The van der Waals surface area contributed by atoms with Crippen molar-refractivity contribution in [3.8, 4) is 11.3 Å². The average molecular weight is 371 g/mol. The fourth-order valence-electron chi connectivity index (χ4n) is 3.73. The molecule has 3 rings (SSSR count). The second kappa shape index (κ2) is 8.17. The minimum absolute atomic E-state index is 0.529. The van der Waals surface area contributed by atoms with Crippen LogP contribution in [0.15, 0.2) is 30.3 Å². The molecule has 0 radical (unpaired) electrons. The van der Waals surface area contributed by atoms with Crippen molar-refractivity contribution >= 4 is 0 Å². The van der Waals surface area contributed by atoms with Crippen molar-refractivity contribution in [1.29, 1.82) is 0 Å². The third-order valence-corrected chi connectivity index (χ3v) is 5.39. The summed E-state index contributed by atoms with van der Waals surface area (Å²) in [7, 11) is 0. The molecule has 2 aromatic rings. The summed E-state index contributed by atoms with van der Waals surface area (Å²) in [4.78, 5) is 2.45. The molecule has 4 heteroatoms. The maximum absolute atomic E-state index is 10.5. The lowest BCUT2D eigenvalue weighted by atomic mass is 10.0. The average Bonchev–Trinajstić information content (AvgIpc) is 2.91. The molecule has 0 amide bonds. The van der Waals surface area contributed by atoms with Gasteiger partial charge in [-0.1, -0.05) is 38.1 Å². The number of hydrogen-bond donors (Lipinski definition) is 1. The first-order valence-corrected chi connectivity index (χ1v) is 10.1. The Balaban J connectivity index is 1.95. The molecule has 0 spiro atoms. The molecule has 1 aliphatic heterocycles. The molecule has 1 saturated heterocycles. The second-order valence-electron chi connectivity index (χ2n) is 8.70. The van der Waals surface area contributed by atoms with Gasteiger partial charge >= 0.3 is 0 Å². The van der Waals surface area contributed by atoms with Gasteiger partial charge in [0.1, 0.15) is 0 Å². The van der Waals surface area contributed by atoms with Crippen LogP contribution in [0.4, 0.5) is 0 Å². The zero-order chi connectivity index (χ0) is 19.6. The predicted molar refractivity (Wildman–Crippen MR) is 111 cm³/mol. The lowest BCUT2D eigenvalue weighted by Crippen LogP contribution is -2.35. The van der Waals surface area contributed by atoms with Gasteiger partial charge in [-0.3, -0.25) is 4.90 Å². The fraction of sp³-hybridized carbons (Fsp3) is 0.565. The van der Waals surface area contributed by atoms with E-state index in [4.69, 9.17) is 4.74 Å². The van der Waals surface area contributed by atoms with Gasteiger partial charge < -0.3 is 14.4 Å². The second-order valence-corrected chi connectivity index (χ2v) is 8.70. The van der Waals surface area contributed by atoms with Crippen LogP contribution >= 0.6 is 0 Å². The molecular formula is C23H34N2O2. The lowest BCUT2D eigenvalue weighted by molar-refractivity contribution is 0.0340. The van der Waals surface area contributed by atoms with Crippen LogP contribution in [0, 0.1) is 6.92 Å². The fourth-order valence-corrected chi connectivity index (χ4v) is 3.73. The molecule has 0 unspecified atom stereocenters. The number of rotatable bonds is 6. The summed E-state index contributed by atoms with van der Waals surface area (Å²) in [5.74, 6) is 0.529. The van der Waals surface area contributed by atoms with Crippen LogP contribution < -0.4 is 0 Å². The number of morpholine rings is 1. The van der Waals surface area contributed by atoms with E-state index >= 15 is 0 Å². The molecule has 27 heavy (non-hydrogen) atoms. The number of aromatic nitrogens is 1. The van der Waals surface area contributed by atoms with Crippen LogP contribution in [0.5, 0.6) is 0 Å². The highest BCUT2D eigenvalue weighted by Crippen LogP contribution is 2.30. The molecule has 0 saturated carbocycles. The Labute approximate surface area is 163 Å². The van der Waals surface area contributed by atoms with Crippen molar-refractivity contribution in [1.82, 2.24) is 9.47 Å². The Kier molecular flexibility index (Phi) is 6.09. The van der Waals surface area contributed by atoms with Gasteiger partial charge in [0.25, 0.3) is 0 Å². The van der Waals surface area contributed by atoms with Crippen molar-refractivity contribution in [2.75, 3.05) is 26.3 Å². The monoisotopic (exact) mass is 370 g/mol. The van der Waals surface area contributed by atoms with E-state index in [1.54, 1.807) is 0 Å². The van der Waals surface area contributed by atoms with E-state index in [0.717, 1.165) is 32.8 Å². The van der Waals surface area contributed by atoms with Crippen LogP contribution in [0.2, 0.25) is 0 Å². The van der Waals surface area contributed by atoms with Crippen molar-refractivity contribution < 1.29 is 9.84 Å². The van der Waals surface area contributed by atoms with E-state index in [1.807, 2.05) is 13.8 Å². The largest absolute Gasteiger partial charge is 0.389 e. The van der Waals surface area contributed by atoms with Crippen LogP contribution in [-0.2, 0) is 17.8 Å². The standard InChI is InChI=1S/C23H34N2O2/c1-17(2)19-6-8-20(9-7-19)22-14-21(15-24-10-12-27-13-11-24)18(3)25(22)16-23(4,5)26/h6-9,14,17,26H,10-13,15-16H2,1-5H3. The van der Waals surface area contributed by atoms with E-state index < -0.39 is 5.60 Å². The first-order chi connectivity index (χ1) is 12.7. The molecular weight excluding hydrogens is 336 g/mol. The lowest BCUT2D eigenvalue weighted by Gasteiger charge is -2.26. The van der Waals surface area contributed by atoms with Gasteiger partial charge in [0, 0.05) is 31.0 Å². The Bertz CT molecular complexity index is 748. The Hall–Kier alpha value is -1.62. The highest BCUT2D eigenvalue weighted by atomic mass is 16.5. The van der Waals surface area contributed by atoms with Gasteiger partial charge in [-0.05, 0) is 49.4 Å². The number of nitrogens with zero attached hydrogens (tertiary/aromatic N) is 2. The maximum atomic E-state index is 10.5. The quantitative estimate of drug-likeness (QED) is 0.828. The van der Waals surface area contributed by atoms with Gasteiger partial charge in [-0.2, -0.15) is 0 Å². The number of benzene rings is 1. The SMILES string of the molecule is Cc1c(CN2CCOCC2)cc(-c2ccc(C(C)C)cc2)n1CC(C)(C)O. The predicted octanol–water partition coefficient (Wildman–Crippen LogP) is 4.19. The van der Waals surface area contributed by atoms with E-state index in [-0.39, 0.29) is 0 Å². The number of ether oxygens (including phenoxy) is 1. The maximum Gasteiger partial charge on any atom is 0.0770 e. The molecule has 0 atom stereocenters. The van der Waals surface area contributed by atoms with Crippen LogP contribution in [0.25, 0.3) is 11.3 Å². The van der Waals surface area contributed by atoms with Crippen LogP contribution in [-0.4, -0.2) is 46.5 Å². The van der Waals surface area contributed by atoms with E-state index in [9.17, 15) is 5.11 Å². The van der Waals surface area contributed by atoms with E-state index in [2.05, 4.69) is 60.6 Å². The smallest absolute Gasteiger partial charge is 0.0770 e. The normalized spacial score (nSPS) is 16.3. The van der Waals surface area contributed by atoms with Gasteiger partial charge in [-0.25, -0.2) is 0 Å². The first kappa shape index (κ1) is 20.1. The Morgan fingerprint density at radius 2 is 1.74 bits per heavy atom. The number of aliphatic hydroxyl groups is 1. The minimum Gasteiger partial charge on any atom is -0.389 e. The molecule has 0 bridgehead atoms. The first-order valence-electron chi connectivity index (χ1n) is 10.1. The van der Waals surface area contributed by atoms with Gasteiger partial charge in [0.2, 0.25) is 0 Å². The molecule has 0 aliphatic carbocycles. The summed E-state index contributed by atoms with van der Waals surface area (Å²) in [5, 5.41) is 10.5. The summed E-state index contributed by atoms with van der Waals surface area (Å²) in [6.07, 6.45) is 0. The molecule has 1 N–H and O–H groups in total. The summed E-state index contributed by atoms with van der Waals surface area (Å²) in [6.45, 7) is 15.5. The third kappa shape index (κ3) is 5.01. The Morgan fingerprint density at radius 1 is 1.11 bits per heavy atom. The van der Waals surface area contributed by atoms with Gasteiger partial charge in [0.05, 0.1) is 25.4 Å². The molecule has 1 aromatic carbocycles. The topological polar surface area (TPSA) is 37.6 Å². The number of hydrogen-bond acceptors (Lipinski definition) is 3. The zero-order valence-electron chi connectivity index (χ0n) is 17.5. The van der Waals surface area contributed by atoms with Crippen molar-refractivity contribution in [2.45, 2.75) is 59.2 Å². The van der Waals surface area contributed by atoms with Gasteiger partial charge in [0.15, 0.2) is 0 Å². The molecule has 1 aromatic heterocycles. The summed E-state index contributed by atoms with van der Waals surface area (Å²) >= 11 is 0. The molecule has 1 fully saturated rings. The Morgan fingerprint density at radius 3 is 2.30 bits per heavy atom. The van der Waals surface area contributed by atoms with Crippen molar-refractivity contribution in [3.05, 3.63) is 47.2 Å². The van der Waals surface area contributed by atoms with Crippen LogP contribution in [0.1, 0.15) is 50.4 Å². The molecule has 2 heterocycles. The summed E-state index contributed by atoms with van der Waals surface area (Å²) in [5.41, 5.74) is 5.57. The zero-order valence-corrected chi connectivity index (χ0v) is 17.5. The minimum atomic E-state index is -0.757.